The molecule has 2 aliphatic rings. The number of nitro benzene ring substituents is 1. The monoisotopic (exact) mass is 297 g/mol. The maximum absolute atomic E-state index is 12.7. The van der Waals surface area contributed by atoms with Crippen molar-refractivity contribution < 1.29 is 9.72 Å². The number of allylic oxidation sites excluding steroid dienone is 3. The van der Waals surface area contributed by atoms with Crippen molar-refractivity contribution in [2.75, 3.05) is 0 Å². The second-order valence-electron chi connectivity index (χ2n) is 6.31. The molecule has 0 aliphatic heterocycles. The number of hydrogen-bond acceptors (Lipinski definition) is 3. The normalized spacial score (nSPS) is 32.3. The van der Waals surface area contributed by atoms with E-state index in [4.69, 9.17) is 0 Å². The first-order valence-electron chi connectivity index (χ1n) is 7.66. The summed E-state index contributed by atoms with van der Waals surface area (Å²) in [5, 5.41) is 10.7. The average Bonchev–Trinajstić information content (AvgIpc) is 2.74. The van der Waals surface area contributed by atoms with E-state index < -0.39 is 4.92 Å². The van der Waals surface area contributed by atoms with Gasteiger partial charge < -0.3 is 0 Å². The second kappa shape index (κ2) is 5.52. The molecule has 0 bridgehead atoms. The van der Waals surface area contributed by atoms with Crippen LogP contribution in [0.25, 0.3) is 6.08 Å². The topological polar surface area (TPSA) is 60.2 Å². The van der Waals surface area contributed by atoms with Gasteiger partial charge in [-0.2, -0.15) is 0 Å². The highest BCUT2D eigenvalue weighted by atomic mass is 16.6. The fourth-order valence-electron chi connectivity index (χ4n) is 3.78. The molecule has 1 fully saturated rings. The summed E-state index contributed by atoms with van der Waals surface area (Å²) < 4.78 is 0. The van der Waals surface area contributed by atoms with Crippen molar-refractivity contribution in [3.63, 3.8) is 0 Å². The van der Waals surface area contributed by atoms with Gasteiger partial charge in [-0.1, -0.05) is 26.0 Å². The van der Waals surface area contributed by atoms with E-state index in [2.05, 4.69) is 26.0 Å². The number of nitrogens with zero attached hydrogens (tertiary/aromatic N) is 1. The van der Waals surface area contributed by atoms with E-state index in [1.54, 1.807) is 12.1 Å². The van der Waals surface area contributed by atoms with Crippen LogP contribution in [0, 0.1) is 33.8 Å². The lowest BCUT2D eigenvalue weighted by molar-refractivity contribution is -0.384. The van der Waals surface area contributed by atoms with Crippen LogP contribution in [0.2, 0.25) is 0 Å². The molecule has 0 N–H and O–H groups in total. The number of nitro groups is 1. The predicted octanol–water partition coefficient (Wildman–Crippen LogP) is 4.03. The molecule has 0 amide bonds. The predicted molar refractivity (Wildman–Crippen MR) is 85.1 cm³/mol. The van der Waals surface area contributed by atoms with Gasteiger partial charge in [0.1, 0.15) is 0 Å². The molecule has 0 saturated heterocycles. The molecule has 1 saturated carbocycles. The van der Waals surface area contributed by atoms with Crippen molar-refractivity contribution in [1.82, 2.24) is 0 Å². The molecule has 2 aliphatic carbocycles. The van der Waals surface area contributed by atoms with Gasteiger partial charge in [-0.05, 0) is 53.5 Å². The van der Waals surface area contributed by atoms with Crippen molar-refractivity contribution >= 4 is 17.5 Å². The van der Waals surface area contributed by atoms with Crippen LogP contribution in [0.5, 0.6) is 0 Å². The molecular weight excluding hydrogens is 278 g/mol. The standard InChI is InChI=1S/C18H19NO3/c1-11-4-3-5-15-12(2)16(18(20)17(11)15)10-13-6-8-14(9-7-13)19(21)22/h3-4,6-12,15,17H,5H2,1-2H3/b16-10+/t11?,12-,15?,17?/m0/s1. The Bertz CT molecular complexity index is 672. The van der Waals surface area contributed by atoms with Crippen LogP contribution in [0.4, 0.5) is 5.69 Å². The van der Waals surface area contributed by atoms with E-state index in [1.165, 1.54) is 12.1 Å². The second-order valence-corrected chi connectivity index (χ2v) is 6.31. The lowest BCUT2D eigenvalue weighted by atomic mass is 9.76. The van der Waals surface area contributed by atoms with Crippen molar-refractivity contribution in [2.45, 2.75) is 20.3 Å². The minimum atomic E-state index is -0.415. The molecule has 4 heteroatoms. The summed E-state index contributed by atoms with van der Waals surface area (Å²) in [6, 6.07) is 6.37. The molecule has 4 atom stereocenters. The zero-order valence-electron chi connectivity index (χ0n) is 12.7. The van der Waals surface area contributed by atoms with E-state index >= 15 is 0 Å². The van der Waals surface area contributed by atoms with Gasteiger partial charge in [-0.25, -0.2) is 0 Å². The molecule has 1 aromatic carbocycles. The molecule has 0 aromatic heterocycles. The van der Waals surface area contributed by atoms with Gasteiger partial charge in [0.25, 0.3) is 5.69 Å². The third-order valence-corrected chi connectivity index (χ3v) is 5.02. The molecule has 4 nitrogen and oxygen atoms in total. The Morgan fingerprint density at radius 1 is 1.23 bits per heavy atom. The number of Topliss-reactive ketones (excluding diaryl/α,β-unsaturated/α-hetero) is 1. The van der Waals surface area contributed by atoms with Crippen LogP contribution in [0.15, 0.2) is 42.0 Å². The number of carbonyl (C=O) groups excluding carboxylic acids is 1. The number of benzene rings is 1. The molecule has 0 spiro atoms. The fourth-order valence-corrected chi connectivity index (χ4v) is 3.78. The van der Waals surface area contributed by atoms with Gasteiger partial charge in [0.15, 0.2) is 5.78 Å². The van der Waals surface area contributed by atoms with Crippen LogP contribution in [0.1, 0.15) is 25.8 Å². The van der Waals surface area contributed by atoms with Crippen LogP contribution >= 0.6 is 0 Å². The largest absolute Gasteiger partial charge is 0.294 e. The Kier molecular flexibility index (Phi) is 3.69. The summed E-state index contributed by atoms with van der Waals surface area (Å²) in [7, 11) is 0. The Morgan fingerprint density at radius 3 is 2.50 bits per heavy atom. The van der Waals surface area contributed by atoms with E-state index in [-0.39, 0.29) is 29.2 Å². The fraction of sp³-hybridized carbons (Fsp3) is 0.389. The molecule has 22 heavy (non-hydrogen) atoms. The van der Waals surface area contributed by atoms with Crippen molar-refractivity contribution in [3.05, 3.63) is 57.7 Å². The highest BCUT2D eigenvalue weighted by Gasteiger charge is 2.46. The number of fused-ring (bicyclic) bond motifs is 1. The zero-order valence-corrected chi connectivity index (χ0v) is 12.7. The van der Waals surface area contributed by atoms with Crippen LogP contribution < -0.4 is 0 Å². The van der Waals surface area contributed by atoms with Crippen LogP contribution in [-0.4, -0.2) is 10.7 Å². The molecule has 3 rings (SSSR count). The highest BCUT2D eigenvalue weighted by molar-refractivity contribution is 6.04. The van der Waals surface area contributed by atoms with Gasteiger partial charge in [-0.3, -0.25) is 14.9 Å². The number of carbonyl (C=O) groups is 1. The molecule has 114 valence electrons. The van der Waals surface area contributed by atoms with Crippen molar-refractivity contribution in [3.8, 4) is 0 Å². The van der Waals surface area contributed by atoms with E-state index in [0.717, 1.165) is 17.6 Å². The lowest BCUT2D eigenvalue weighted by Crippen LogP contribution is -2.25. The molecule has 0 heterocycles. The Hall–Kier alpha value is -2.23. The SMILES string of the molecule is CC1C=CCC2C1C(=O)/C(=C/c1ccc([N+](=O)[O-])cc1)[C@H]2C. The number of ketones is 1. The quantitative estimate of drug-likeness (QED) is 0.358. The van der Waals surface area contributed by atoms with E-state index in [1.807, 2.05) is 6.08 Å². The molecule has 0 radical (unpaired) electrons. The van der Waals surface area contributed by atoms with E-state index in [9.17, 15) is 14.9 Å². The van der Waals surface area contributed by atoms with Gasteiger partial charge in [0.05, 0.1) is 4.92 Å². The Balaban J connectivity index is 1.91. The summed E-state index contributed by atoms with van der Waals surface area (Å²) in [5.74, 6) is 1.24. The van der Waals surface area contributed by atoms with Gasteiger partial charge >= 0.3 is 0 Å². The smallest absolute Gasteiger partial charge is 0.269 e. The molecule has 3 unspecified atom stereocenters. The van der Waals surface area contributed by atoms with E-state index in [0.29, 0.717) is 5.92 Å². The maximum atomic E-state index is 12.7. The molecule has 1 aromatic rings. The first-order chi connectivity index (χ1) is 10.5. The average molecular weight is 297 g/mol. The minimum absolute atomic E-state index is 0.0689. The maximum Gasteiger partial charge on any atom is 0.269 e. The van der Waals surface area contributed by atoms with Crippen molar-refractivity contribution in [2.24, 2.45) is 23.7 Å². The zero-order chi connectivity index (χ0) is 15.9. The van der Waals surface area contributed by atoms with Crippen LogP contribution in [0.3, 0.4) is 0 Å². The molecular formula is C18H19NO3. The summed E-state index contributed by atoms with van der Waals surface area (Å²) in [5.41, 5.74) is 1.78. The number of rotatable bonds is 2. The summed E-state index contributed by atoms with van der Waals surface area (Å²) in [6.45, 7) is 4.22. The lowest BCUT2D eigenvalue weighted by Gasteiger charge is -2.27. The Labute approximate surface area is 129 Å². The first-order valence-corrected chi connectivity index (χ1v) is 7.66. The number of non-ortho nitro benzene ring substituents is 1. The summed E-state index contributed by atoms with van der Waals surface area (Å²) in [4.78, 5) is 23.0. The third kappa shape index (κ3) is 2.39. The Morgan fingerprint density at radius 2 is 1.91 bits per heavy atom. The minimum Gasteiger partial charge on any atom is -0.294 e. The van der Waals surface area contributed by atoms with Gasteiger partial charge in [0, 0.05) is 18.1 Å². The van der Waals surface area contributed by atoms with Crippen LogP contribution in [-0.2, 0) is 4.79 Å². The number of hydrogen-bond donors (Lipinski definition) is 0. The first kappa shape index (κ1) is 14.7. The highest BCUT2D eigenvalue weighted by Crippen LogP contribution is 2.47. The third-order valence-electron chi connectivity index (χ3n) is 5.02. The van der Waals surface area contributed by atoms with Gasteiger partial charge in [0.2, 0.25) is 0 Å². The summed E-state index contributed by atoms with van der Waals surface area (Å²) in [6.07, 6.45) is 7.19. The summed E-state index contributed by atoms with van der Waals surface area (Å²) >= 11 is 0. The van der Waals surface area contributed by atoms with Gasteiger partial charge in [-0.15, -0.1) is 0 Å². The van der Waals surface area contributed by atoms with Crippen molar-refractivity contribution in [1.29, 1.82) is 0 Å².